The largest absolute Gasteiger partial charge is 0.478 e. The summed E-state index contributed by atoms with van der Waals surface area (Å²) in [6.07, 6.45) is 2.06. The van der Waals surface area contributed by atoms with Crippen molar-refractivity contribution in [1.82, 2.24) is 0 Å². The number of nitrogens with zero attached hydrogens (tertiary/aromatic N) is 1. The summed E-state index contributed by atoms with van der Waals surface area (Å²) in [6, 6.07) is 8.77. The quantitative estimate of drug-likeness (QED) is 0.624. The van der Waals surface area contributed by atoms with Crippen LogP contribution in [-0.2, 0) is 0 Å². The molecule has 166 valence electrons. The van der Waals surface area contributed by atoms with Crippen molar-refractivity contribution in [2.24, 2.45) is 10.7 Å². The summed E-state index contributed by atoms with van der Waals surface area (Å²) < 4.78 is 14.6. The Morgan fingerprint density at radius 3 is 2.56 bits per heavy atom. The maximum Gasteiger partial charge on any atom is 0.335 e. The van der Waals surface area contributed by atoms with Crippen LogP contribution in [0.15, 0.2) is 47.0 Å². The number of benzene rings is 2. The van der Waals surface area contributed by atoms with Crippen molar-refractivity contribution >= 4 is 34.9 Å². The van der Waals surface area contributed by atoms with Gasteiger partial charge in [0.2, 0.25) is 0 Å². The number of aromatic carboxylic acids is 1. The Hall–Kier alpha value is -3.03. The molecule has 6 nitrogen and oxygen atoms in total. The number of allylic oxidation sites excluding steroid dienone is 1. The van der Waals surface area contributed by atoms with Gasteiger partial charge in [0.15, 0.2) is 0 Å². The first-order valence-corrected chi connectivity index (χ1v) is 10.7. The van der Waals surface area contributed by atoms with Crippen LogP contribution in [0.3, 0.4) is 0 Å². The number of rotatable bonds is 4. The van der Waals surface area contributed by atoms with Gasteiger partial charge in [-0.1, -0.05) is 23.7 Å². The molecule has 2 saturated carbocycles. The normalized spacial score (nSPS) is 21.5. The van der Waals surface area contributed by atoms with E-state index in [9.17, 15) is 19.1 Å². The first-order chi connectivity index (χ1) is 15.3. The lowest BCUT2D eigenvalue weighted by Gasteiger charge is -2.24. The number of nitrogens with two attached hydrogens (primary N) is 1. The summed E-state index contributed by atoms with van der Waals surface area (Å²) >= 11 is 6.32. The highest BCUT2D eigenvalue weighted by atomic mass is 35.5. The number of carbonyl (C=O) groups is 2. The topological polar surface area (TPSA) is 113 Å². The zero-order valence-corrected chi connectivity index (χ0v) is 17.9. The second kappa shape index (κ2) is 8.84. The van der Waals surface area contributed by atoms with Crippen LogP contribution in [0.5, 0.6) is 0 Å². The number of amides is 1. The number of halogens is 2. The fourth-order valence-corrected chi connectivity index (χ4v) is 4.28. The Morgan fingerprint density at radius 1 is 1.16 bits per heavy atom. The number of hydrogen-bond donors (Lipinski definition) is 3. The minimum atomic E-state index is -1.25. The van der Waals surface area contributed by atoms with Crippen LogP contribution in [0.25, 0.3) is 5.70 Å². The monoisotopic (exact) mass is 456 g/mol. The van der Waals surface area contributed by atoms with E-state index in [1.807, 2.05) is 6.07 Å². The van der Waals surface area contributed by atoms with E-state index >= 15 is 0 Å². The molecule has 1 amide bonds. The van der Waals surface area contributed by atoms with Crippen molar-refractivity contribution in [3.63, 3.8) is 0 Å². The molecule has 2 fully saturated rings. The van der Waals surface area contributed by atoms with Crippen LogP contribution in [0.4, 0.5) is 4.39 Å². The molecular weight excluding hydrogens is 435 g/mol. The van der Waals surface area contributed by atoms with Crippen molar-refractivity contribution in [3.8, 4) is 0 Å². The standard InChI is InChI=1S/C24H22ClFN2O4/c25-18-3-1-2-15(12-4-5-12)21(18)23(30)28-20-11-14(29)7-9-17(20)22(27)16-8-6-13(24(31)32)10-19(16)26/h1-3,6,8,10,12,14,29H,4-5,7,9,11,27H2,(H,31,32). The smallest absolute Gasteiger partial charge is 0.335 e. The van der Waals surface area contributed by atoms with Gasteiger partial charge in [0, 0.05) is 17.7 Å². The first-order valence-electron chi connectivity index (χ1n) is 10.4. The fraction of sp³-hybridized carbons (Fsp3) is 0.292. The summed E-state index contributed by atoms with van der Waals surface area (Å²) in [5, 5.41) is 19.5. The van der Waals surface area contributed by atoms with Crippen LogP contribution >= 0.6 is 11.6 Å². The molecule has 0 spiro atoms. The van der Waals surface area contributed by atoms with Crippen LogP contribution in [0.1, 0.15) is 69.9 Å². The molecule has 0 saturated heterocycles. The van der Waals surface area contributed by atoms with Gasteiger partial charge >= 0.3 is 5.97 Å². The molecule has 0 bridgehead atoms. The molecular formula is C24H22ClFN2O4. The summed E-state index contributed by atoms with van der Waals surface area (Å²) in [7, 11) is 0. The molecule has 1 unspecified atom stereocenters. The molecule has 0 heterocycles. The lowest BCUT2D eigenvalue weighted by atomic mass is 9.87. The Balaban J connectivity index is 1.76. The molecule has 2 aromatic rings. The van der Waals surface area contributed by atoms with Crippen molar-refractivity contribution < 1.29 is 24.2 Å². The minimum absolute atomic E-state index is 0.0259. The van der Waals surface area contributed by atoms with E-state index in [0.29, 0.717) is 29.0 Å². The fourth-order valence-electron chi connectivity index (χ4n) is 4.02. The Kier molecular flexibility index (Phi) is 6.13. The van der Waals surface area contributed by atoms with E-state index in [1.54, 1.807) is 12.1 Å². The van der Waals surface area contributed by atoms with Gasteiger partial charge in [-0.25, -0.2) is 14.2 Å². The minimum Gasteiger partial charge on any atom is -0.478 e. The molecule has 4 N–H and O–H groups in total. The lowest BCUT2D eigenvalue weighted by Crippen LogP contribution is -2.25. The lowest BCUT2D eigenvalue weighted by molar-refractivity contribution is 0.0696. The molecule has 1 atom stereocenters. The molecule has 2 aromatic carbocycles. The maximum absolute atomic E-state index is 14.6. The second-order valence-electron chi connectivity index (χ2n) is 8.13. The van der Waals surface area contributed by atoms with Gasteiger partial charge in [-0.05, 0) is 67.0 Å². The van der Waals surface area contributed by atoms with E-state index in [2.05, 4.69) is 4.99 Å². The van der Waals surface area contributed by atoms with Gasteiger partial charge in [-0.3, -0.25) is 4.79 Å². The molecule has 2 aliphatic rings. The molecule has 4 rings (SSSR count). The Bertz CT molecular complexity index is 1170. The van der Waals surface area contributed by atoms with Gasteiger partial charge in [0.1, 0.15) is 5.82 Å². The van der Waals surface area contributed by atoms with Gasteiger partial charge < -0.3 is 15.9 Å². The SMILES string of the molecule is NC(=C1CCC(O)CC1=NC(=O)c1c(Cl)cccc1C1CC1)c1ccc(C(=O)O)cc1F. The van der Waals surface area contributed by atoms with Gasteiger partial charge in [-0.2, -0.15) is 0 Å². The molecule has 32 heavy (non-hydrogen) atoms. The van der Waals surface area contributed by atoms with Crippen molar-refractivity contribution in [1.29, 1.82) is 0 Å². The third-order valence-corrected chi connectivity index (χ3v) is 6.16. The predicted octanol–water partition coefficient (Wildman–Crippen LogP) is 4.55. The van der Waals surface area contributed by atoms with Crippen LogP contribution in [0.2, 0.25) is 5.02 Å². The third kappa shape index (κ3) is 4.45. The summed E-state index contributed by atoms with van der Waals surface area (Å²) in [6.45, 7) is 0. The van der Waals surface area contributed by atoms with E-state index in [0.717, 1.165) is 24.5 Å². The average molecular weight is 457 g/mol. The third-order valence-electron chi connectivity index (χ3n) is 5.85. The van der Waals surface area contributed by atoms with Crippen molar-refractivity contribution in [2.45, 2.75) is 44.1 Å². The number of aliphatic hydroxyl groups excluding tert-OH is 1. The number of carboxylic acid groups (broad SMARTS) is 1. The summed E-state index contributed by atoms with van der Waals surface area (Å²) in [5.41, 5.74) is 8.11. The van der Waals surface area contributed by atoms with Crippen LogP contribution < -0.4 is 5.73 Å². The van der Waals surface area contributed by atoms with Gasteiger partial charge in [0.05, 0.1) is 28.0 Å². The number of aliphatic hydroxyl groups is 1. The van der Waals surface area contributed by atoms with Crippen molar-refractivity contribution in [3.05, 3.63) is 75.1 Å². The maximum atomic E-state index is 14.6. The average Bonchev–Trinajstić information content (AvgIpc) is 3.58. The second-order valence-corrected chi connectivity index (χ2v) is 8.54. The molecule has 2 aliphatic carbocycles. The summed E-state index contributed by atoms with van der Waals surface area (Å²) in [4.78, 5) is 28.5. The van der Waals surface area contributed by atoms with E-state index in [-0.39, 0.29) is 34.9 Å². The first kappa shape index (κ1) is 22.2. The highest BCUT2D eigenvalue weighted by Crippen LogP contribution is 2.43. The molecule has 0 aliphatic heterocycles. The number of carbonyl (C=O) groups excluding carboxylic acids is 1. The van der Waals surface area contributed by atoms with E-state index in [4.69, 9.17) is 22.4 Å². The number of carboxylic acids is 1. The summed E-state index contributed by atoms with van der Waals surface area (Å²) in [5.74, 6) is -2.27. The number of hydrogen-bond acceptors (Lipinski definition) is 4. The zero-order chi connectivity index (χ0) is 23.0. The molecule has 8 heteroatoms. The Labute approximate surface area is 189 Å². The zero-order valence-electron chi connectivity index (χ0n) is 17.1. The van der Waals surface area contributed by atoms with Crippen LogP contribution in [-0.4, -0.2) is 33.9 Å². The van der Waals surface area contributed by atoms with E-state index < -0.39 is 23.8 Å². The predicted molar refractivity (Wildman–Crippen MR) is 120 cm³/mol. The highest BCUT2D eigenvalue weighted by molar-refractivity contribution is 6.34. The van der Waals surface area contributed by atoms with Crippen LogP contribution in [0, 0.1) is 5.82 Å². The van der Waals surface area contributed by atoms with E-state index in [1.165, 1.54) is 12.1 Å². The number of aliphatic imine (C=N–C) groups is 1. The Morgan fingerprint density at radius 2 is 1.91 bits per heavy atom. The van der Waals surface area contributed by atoms with Gasteiger partial charge in [0.25, 0.3) is 5.91 Å². The molecule has 0 radical (unpaired) electrons. The van der Waals surface area contributed by atoms with Crippen molar-refractivity contribution in [2.75, 3.05) is 0 Å². The van der Waals surface area contributed by atoms with Gasteiger partial charge in [-0.15, -0.1) is 0 Å². The highest BCUT2D eigenvalue weighted by Gasteiger charge is 2.30. The molecule has 0 aromatic heterocycles.